The van der Waals surface area contributed by atoms with Crippen LogP contribution >= 0.6 is 15.9 Å². The number of carbonyl (C=O) groups is 2. The Morgan fingerprint density at radius 2 is 1.63 bits per heavy atom. The molecule has 43 heavy (non-hydrogen) atoms. The smallest absolute Gasteiger partial charge is 0.264 e. The molecule has 222 valence electrons. The summed E-state index contributed by atoms with van der Waals surface area (Å²) in [4.78, 5) is 25.1. The van der Waals surface area contributed by atoms with E-state index in [0.29, 0.717) is 21.5 Å². The first kappa shape index (κ1) is 31.5. The molecule has 1 atom stereocenters. The Morgan fingerprint density at radius 3 is 2.30 bits per heavy atom. The van der Waals surface area contributed by atoms with Crippen LogP contribution in [0.4, 0.5) is 5.69 Å². The van der Waals surface area contributed by atoms with Crippen molar-refractivity contribution in [3.8, 4) is 5.75 Å². The summed E-state index contributed by atoms with van der Waals surface area (Å²) in [5, 5.41) is 6.87. The summed E-state index contributed by atoms with van der Waals surface area (Å²) < 4.78 is 34.3. The van der Waals surface area contributed by atoms with Gasteiger partial charge < -0.3 is 10.1 Å². The standard InChI is InChI=1S/C32H31BrN4O5S/c1-23-11-17-30(18-12-23)43(40,41)37(28-10-6-9-27(33)19-28)21-31(38)36-34-20-25-13-15-29(16-14-25)42-22-32(39)35-24(2)26-7-4-3-5-8-26/h3-20,24H,21-22H2,1-2H3,(H,35,39)(H,36,38)/b34-20-/t24-/m0/s1. The molecule has 0 saturated carbocycles. The molecule has 4 aromatic rings. The largest absolute Gasteiger partial charge is 0.484 e. The number of aryl methyl sites for hydroxylation is 1. The topological polar surface area (TPSA) is 117 Å². The number of nitrogens with one attached hydrogen (secondary N) is 2. The van der Waals surface area contributed by atoms with Crippen LogP contribution in [0.15, 0.2) is 118 Å². The van der Waals surface area contributed by atoms with E-state index >= 15 is 0 Å². The summed E-state index contributed by atoms with van der Waals surface area (Å²) in [6.45, 7) is 3.14. The minimum absolute atomic E-state index is 0.0693. The fourth-order valence-corrected chi connectivity index (χ4v) is 5.84. The summed E-state index contributed by atoms with van der Waals surface area (Å²) in [6.07, 6.45) is 1.42. The van der Waals surface area contributed by atoms with Crippen LogP contribution in [-0.2, 0) is 19.6 Å². The SMILES string of the molecule is Cc1ccc(S(=O)(=O)N(CC(=O)N/N=C\c2ccc(OCC(=O)N[C@@H](C)c3ccccc3)cc2)c2cccc(Br)c2)cc1. The van der Waals surface area contributed by atoms with Gasteiger partial charge in [-0.1, -0.05) is 70.0 Å². The van der Waals surface area contributed by atoms with Gasteiger partial charge in [0.2, 0.25) is 0 Å². The Balaban J connectivity index is 1.33. The predicted octanol–water partition coefficient (Wildman–Crippen LogP) is 5.36. The predicted molar refractivity (Wildman–Crippen MR) is 171 cm³/mol. The quantitative estimate of drug-likeness (QED) is 0.156. The summed E-state index contributed by atoms with van der Waals surface area (Å²) in [7, 11) is -4.04. The van der Waals surface area contributed by atoms with Crippen molar-refractivity contribution in [1.29, 1.82) is 0 Å². The molecule has 2 N–H and O–H groups in total. The van der Waals surface area contributed by atoms with E-state index in [2.05, 4.69) is 31.8 Å². The zero-order valence-electron chi connectivity index (χ0n) is 23.6. The van der Waals surface area contributed by atoms with Crippen LogP contribution < -0.4 is 19.8 Å². The van der Waals surface area contributed by atoms with Crippen molar-refractivity contribution in [2.24, 2.45) is 5.10 Å². The Bertz CT molecular complexity index is 1680. The molecule has 4 rings (SSSR count). The Hall–Kier alpha value is -4.48. The molecule has 9 nitrogen and oxygen atoms in total. The first-order valence-corrected chi connectivity index (χ1v) is 15.6. The lowest BCUT2D eigenvalue weighted by molar-refractivity contribution is -0.123. The second-order valence-corrected chi connectivity index (χ2v) is 12.4. The summed E-state index contributed by atoms with van der Waals surface area (Å²) >= 11 is 3.36. The summed E-state index contributed by atoms with van der Waals surface area (Å²) in [5.74, 6) is -0.372. The molecule has 4 aromatic carbocycles. The summed E-state index contributed by atoms with van der Waals surface area (Å²) in [6, 6.07) is 29.4. The normalized spacial score (nSPS) is 12.0. The molecule has 0 spiro atoms. The van der Waals surface area contributed by atoms with Gasteiger partial charge in [0.15, 0.2) is 6.61 Å². The third kappa shape index (κ3) is 9.00. The maximum atomic E-state index is 13.5. The minimum atomic E-state index is -4.04. The van der Waals surface area contributed by atoms with E-state index in [0.717, 1.165) is 15.4 Å². The first-order valence-electron chi connectivity index (χ1n) is 13.4. The molecule has 11 heteroatoms. The number of anilines is 1. The van der Waals surface area contributed by atoms with E-state index in [-0.39, 0.29) is 23.5 Å². The first-order chi connectivity index (χ1) is 20.6. The van der Waals surface area contributed by atoms with Crippen LogP contribution in [0.2, 0.25) is 0 Å². The van der Waals surface area contributed by atoms with Gasteiger partial charge in [0.25, 0.3) is 21.8 Å². The van der Waals surface area contributed by atoms with Crippen molar-refractivity contribution < 1.29 is 22.7 Å². The van der Waals surface area contributed by atoms with Crippen LogP contribution in [0.5, 0.6) is 5.75 Å². The van der Waals surface area contributed by atoms with Gasteiger partial charge in [0, 0.05) is 4.47 Å². The Morgan fingerprint density at radius 1 is 0.930 bits per heavy atom. The molecular weight excluding hydrogens is 632 g/mol. The van der Waals surface area contributed by atoms with Crippen LogP contribution in [0.3, 0.4) is 0 Å². The van der Waals surface area contributed by atoms with Crippen LogP contribution in [0.25, 0.3) is 0 Å². The highest BCUT2D eigenvalue weighted by atomic mass is 79.9. The highest BCUT2D eigenvalue weighted by Gasteiger charge is 2.27. The number of hydrogen-bond acceptors (Lipinski definition) is 6. The fraction of sp³-hybridized carbons (Fsp3) is 0.156. The van der Waals surface area contributed by atoms with Crippen LogP contribution in [0.1, 0.15) is 29.7 Å². The number of carbonyl (C=O) groups excluding carboxylic acids is 2. The minimum Gasteiger partial charge on any atom is -0.484 e. The number of hydrazone groups is 1. The van der Waals surface area contributed by atoms with Gasteiger partial charge in [-0.3, -0.25) is 13.9 Å². The van der Waals surface area contributed by atoms with E-state index in [4.69, 9.17) is 4.74 Å². The number of sulfonamides is 1. The van der Waals surface area contributed by atoms with Gasteiger partial charge in [0.1, 0.15) is 12.3 Å². The highest BCUT2D eigenvalue weighted by Crippen LogP contribution is 2.26. The molecule has 0 radical (unpaired) electrons. The lowest BCUT2D eigenvalue weighted by Crippen LogP contribution is -2.39. The lowest BCUT2D eigenvalue weighted by Gasteiger charge is -2.24. The molecule has 2 amide bonds. The number of halogens is 1. The molecule has 0 bridgehead atoms. The van der Waals surface area contributed by atoms with Crippen molar-refractivity contribution in [1.82, 2.24) is 10.7 Å². The number of benzene rings is 4. The van der Waals surface area contributed by atoms with E-state index in [9.17, 15) is 18.0 Å². The van der Waals surface area contributed by atoms with Crippen molar-refractivity contribution in [3.05, 3.63) is 124 Å². The molecule has 0 heterocycles. The molecule has 0 unspecified atom stereocenters. The second kappa shape index (κ2) is 14.6. The number of hydrogen-bond donors (Lipinski definition) is 2. The molecular formula is C32H31BrN4O5S. The van der Waals surface area contributed by atoms with Crippen LogP contribution in [-0.4, -0.2) is 39.6 Å². The van der Waals surface area contributed by atoms with Crippen molar-refractivity contribution in [2.75, 3.05) is 17.5 Å². The zero-order chi connectivity index (χ0) is 30.8. The average Bonchev–Trinajstić information content (AvgIpc) is 3.00. The van der Waals surface area contributed by atoms with Gasteiger partial charge in [0.05, 0.1) is 22.8 Å². The third-order valence-electron chi connectivity index (χ3n) is 6.32. The molecule has 0 aliphatic carbocycles. The van der Waals surface area contributed by atoms with E-state index in [1.54, 1.807) is 60.7 Å². The van der Waals surface area contributed by atoms with Gasteiger partial charge in [-0.25, -0.2) is 13.8 Å². The molecule has 0 aliphatic rings. The third-order valence-corrected chi connectivity index (χ3v) is 8.60. The Kier molecular flexibility index (Phi) is 10.7. The van der Waals surface area contributed by atoms with Crippen molar-refractivity contribution >= 4 is 49.7 Å². The molecule has 0 saturated heterocycles. The molecule has 0 aliphatic heterocycles. The number of rotatable bonds is 12. The molecule has 0 aromatic heterocycles. The van der Waals surface area contributed by atoms with Crippen molar-refractivity contribution in [2.45, 2.75) is 24.8 Å². The molecule has 0 fully saturated rings. The van der Waals surface area contributed by atoms with Gasteiger partial charge in [-0.2, -0.15) is 5.10 Å². The summed E-state index contributed by atoms with van der Waals surface area (Å²) in [5.41, 5.74) is 5.29. The van der Waals surface area contributed by atoms with E-state index in [1.165, 1.54) is 18.3 Å². The highest BCUT2D eigenvalue weighted by molar-refractivity contribution is 9.10. The van der Waals surface area contributed by atoms with E-state index < -0.39 is 22.5 Å². The van der Waals surface area contributed by atoms with Crippen molar-refractivity contribution in [3.63, 3.8) is 0 Å². The van der Waals surface area contributed by atoms with E-state index in [1.807, 2.05) is 44.2 Å². The Labute approximate surface area is 259 Å². The van der Waals surface area contributed by atoms with Crippen LogP contribution in [0, 0.1) is 6.92 Å². The average molecular weight is 664 g/mol. The second-order valence-electron chi connectivity index (χ2n) is 9.66. The zero-order valence-corrected chi connectivity index (χ0v) is 26.0. The van der Waals surface area contributed by atoms with Gasteiger partial charge in [-0.15, -0.1) is 0 Å². The van der Waals surface area contributed by atoms with Gasteiger partial charge in [-0.05, 0) is 79.6 Å². The fourth-order valence-electron chi connectivity index (χ4n) is 4.04. The van der Waals surface area contributed by atoms with Gasteiger partial charge >= 0.3 is 0 Å². The number of ether oxygens (including phenoxy) is 1. The number of amides is 2. The number of nitrogens with zero attached hydrogens (tertiary/aromatic N) is 2. The maximum Gasteiger partial charge on any atom is 0.264 e. The monoisotopic (exact) mass is 662 g/mol. The maximum absolute atomic E-state index is 13.5. The lowest BCUT2D eigenvalue weighted by atomic mass is 10.1.